The van der Waals surface area contributed by atoms with E-state index >= 15 is 0 Å². The Balaban J connectivity index is 1.71. The number of halogens is 2. The number of amides is 1. The van der Waals surface area contributed by atoms with Crippen LogP contribution in [0.5, 0.6) is 0 Å². The Morgan fingerprint density at radius 1 is 1.15 bits per heavy atom. The maximum absolute atomic E-state index is 14.3. The van der Waals surface area contributed by atoms with Gasteiger partial charge in [-0.15, -0.1) is 5.10 Å². The molecule has 0 bridgehead atoms. The number of esters is 1. The number of hydrazine groups is 1. The number of benzene rings is 2. The van der Waals surface area contributed by atoms with Crippen LogP contribution in [0.15, 0.2) is 48.7 Å². The van der Waals surface area contributed by atoms with Crippen molar-refractivity contribution in [2.45, 2.75) is 58.1 Å². The average Bonchev–Trinajstić information content (AvgIpc) is 3.34. The molecular weight excluding hydrogens is 529 g/mol. The van der Waals surface area contributed by atoms with Crippen molar-refractivity contribution in [3.8, 4) is 11.1 Å². The third kappa shape index (κ3) is 9.02. The second-order valence-electron chi connectivity index (χ2n) is 9.47. The molecule has 3 rings (SSSR count). The molecule has 1 aromatic heterocycles. The van der Waals surface area contributed by atoms with Crippen LogP contribution in [0, 0.1) is 5.82 Å². The lowest BCUT2D eigenvalue weighted by atomic mass is 10.0. The van der Waals surface area contributed by atoms with Crippen LogP contribution in [0.1, 0.15) is 62.0 Å². The van der Waals surface area contributed by atoms with Crippen molar-refractivity contribution in [2.24, 2.45) is 0 Å². The minimum Gasteiger partial charge on any atom is -0.464 e. The molecule has 2 aromatic carbocycles. The van der Waals surface area contributed by atoms with E-state index in [0.717, 1.165) is 31.9 Å². The minimum absolute atomic E-state index is 0.0672. The lowest BCUT2D eigenvalue weighted by Gasteiger charge is -2.30. The highest BCUT2D eigenvalue weighted by Gasteiger charge is 2.35. The molecule has 3 aromatic rings. The van der Waals surface area contributed by atoms with Crippen molar-refractivity contribution in [2.75, 3.05) is 13.2 Å². The van der Waals surface area contributed by atoms with Gasteiger partial charge < -0.3 is 15.1 Å². The molecule has 0 unspecified atom stereocenters. The van der Waals surface area contributed by atoms with Crippen LogP contribution in [-0.2, 0) is 16.1 Å². The molecule has 10 nitrogen and oxygen atoms in total. The first-order chi connectivity index (χ1) is 18.6. The van der Waals surface area contributed by atoms with E-state index in [2.05, 4.69) is 22.7 Å². The second-order valence-corrected chi connectivity index (χ2v) is 9.90. The third-order valence-electron chi connectivity index (χ3n) is 5.96. The average molecular weight is 562 g/mol. The van der Waals surface area contributed by atoms with E-state index in [1.807, 2.05) is 0 Å². The summed E-state index contributed by atoms with van der Waals surface area (Å²) in [6.07, 6.45) is 5.88. The monoisotopic (exact) mass is 561 g/mol. The molecule has 0 aliphatic carbocycles. The number of nitrogens with zero attached hydrogens (tertiary/aromatic N) is 4. The van der Waals surface area contributed by atoms with Crippen molar-refractivity contribution in [3.05, 3.63) is 70.8 Å². The van der Waals surface area contributed by atoms with Crippen molar-refractivity contribution in [1.82, 2.24) is 25.6 Å². The van der Waals surface area contributed by atoms with Crippen LogP contribution in [0.3, 0.4) is 0 Å². The number of nitrogens with one attached hydrogen (secondary N) is 1. The molecule has 0 aliphatic rings. The number of ether oxygens (including phenoxy) is 1. The number of hydrogen-bond donors (Lipinski definition) is 3. The van der Waals surface area contributed by atoms with E-state index in [4.69, 9.17) is 16.3 Å². The van der Waals surface area contributed by atoms with E-state index in [-0.39, 0.29) is 25.4 Å². The standard InChI is InChI=1S/C27H33ClFN5O5/c1-3-4-5-6-7-14-39-26(36)27(2,37)18-33(31-25(35)24-17-34(38)32-30-24)16-19-8-10-20(11-9-19)22-15-21(28)12-13-23(22)29/h8-13,15,17,37-38H,3-7,14,16,18H2,1-2H3,(H,31,35)/t27-/m1/s1. The Labute approximate surface area is 231 Å². The smallest absolute Gasteiger partial charge is 0.339 e. The molecule has 12 heteroatoms. The van der Waals surface area contributed by atoms with Gasteiger partial charge in [0.15, 0.2) is 11.3 Å². The largest absolute Gasteiger partial charge is 0.464 e. The molecule has 210 valence electrons. The number of hydrogen-bond acceptors (Lipinski definition) is 8. The Morgan fingerprint density at radius 2 is 1.87 bits per heavy atom. The van der Waals surface area contributed by atoms with Gasteiger partial charge in [-0.2, -0.15) is 0 Å². The summed E-state index contributed by atoms with van der Waals surface area (Å²) >= 11 is 6.01. The molecule has 0 radical (unpaired) electrons. The Kier molecular flexibility index (Phi) is 10.8. The predicted octanol–water partition coefficient (Wildman–Crippen LogP) is 4.39. The third-order valence-corrected chi connectivity index (χ3v) is 6.20. The minimum atomic E-state index is -1.95. The fourth-order valence-electron chi connectivity index (χ4n) is 3.89. The molecule has 0 saturated heterocycles. The van der Waals surface area contributed by atoms with Gasteiger partial charge >= 0.3 is 5.97 Å². The van der Waals surface area contributed by atoms with Gasteiger partial charge in [0.05, 0.1) is 19.3 Å². The highest BCUT2D eigenvalue weighted by atomic mass is 35.5. The molecule has 1 amide bonds. The highest BCUT2D eigenvalue weighted by Crippen LogP contribution is 2.26. The summed E-state index contributed by atoms with van der Waals surface area (Å²) in [6, 6.07) is 11.1. The van der Waals surface area contributed by atoms with Gasteiger partial charge in [0.1, 0.15) is 5.82 Å². The number of aromatic nitrogens is 3. The zero-order valence-electron chi connectivity index (χ0n) is 21.9. The van der Waals surface area contributed by atoms with Crippen molar-refractivity contribution < 1.29 is 29.0 Å². The molecule has 1 heterocycles. The van der Waals surface area contributed by atoms with Crippen LogP contribution in [-0.4, -0.2) is 61.1 Å². The number of unbranched alkanes of at least 4 members (excludes halogenated alkanes) is 4. The fourth-order valence-corrected chi connectivity index (χ4v) is 4.06. The maximum Gasteiger partial charge on any atom is 0.339 e. The van der Waals surface area contributed by atoms with Crippen LogP contribution in [0.25, 0.3) is 11.1 Å². The van der Waals surface area contributed by atoms with Gasteiger partial charge in [-0.3, -0.25) is 10.2 Å². The van der Waals surface area contributed by atoms with Crippen molar-refractivity contribution in [3.63, 3.8) is 0 Å². The normalized spacial score (nSPS) is 12.8. The first-order valence-electron chi connectivity index (χ1n) is 12.7. The van der Waals surface area contributed by atoms with Crippen LogP contribution in [0.2, 0.25) is 5.02 Å². The molecule has 0 spiro atoms. The van der Waals surface area contributed by atoms with Gasteiger partial charge in [-0.1, -0.05) is 73.3 Å². The molecule has 0 saturated carbocycles. The number of carbonyl (C=O) groups excluding carboxylic acids is 2. The number of carbonyl (C=O) groups is 2. The summed E-state index contributed by atoms with van der Waals surface area (Å²) in [5.41, 5.74) is 2.08. The SMILES string of the molecule is CCCCCCCOC(=O)[C@](C)(O)CN(Cc1ccc(-c2cc(Cl)ccc2F)cc1)NC(=O)c1cn(O)nn1. The molecule has 3 N–H and O–H groups in total. The Hall–Kier alpha value is -3.54. The maximum atomic E-state index is 14.3. The molecule has 0 fully saturated rings. The Morgan fingerprint density at radius 3 is 2.54 bits per heavy atom. The van der Waals surface area contributed by atoms with Gasteiger partial charge in [0, 0.05) is 17.1 Å². The lowest BCUT2D eigenvalue weighted by molar-refractivity contribution is -0.166. The van der Waals surface area contributed by atoms with Crippen molar-refractivity contribution >= 4 is 23.5 Å². The fraction of sp³-hybridized carbons (Fsp3) is 0.407. The van der Waals surface area contributed by atoms with E-state index in [9.17, 15) is 24.3 Å². The van der Waals surface area contributed by atoms with Gasteiger partial charge in [-0.05, 0) is 47.9 Å². The molecule has 1 atom stereocenters. The molecule has 0 aliphatic heterocycles. The van der Waals surface area contributed by atoms with E-state index in [0.29, 0.717) is 33.0 Å². The quantitative estimate of drug-likeness (QED) is 0.114. The summed E-state index contributed by atoms with van der Waals surface area (Å²) in [5.74, 6) is -1.95. The summed E-state index contributed by atoms with van der Waals surface area (Å²) < 4.78 is 19.6. The van der Waals surface area contributed by atoms with Gasteiger partial charge in [-0.25, -0.2) is 14.2 Å². The molecular formula is C27H33ClFN5O5. The summed E-state index contributed by atoms with van der Waals surface area (Å²) in [5, 5.41) is 28.9. The number of rotatable bonds is 14. The first kappa shape index (κ1) is 30.0. The second kappa shape index (κ2) is 14.0. The predicted molar refractivity (Wildman–Crippen MR) is 142 cm³/mol. The summed E-state index contributed by atoms with van der Waals surface area (Å²) in [6.45, 7) is 3.36. The van der Waals surface area contributed by atoms with E-state index in [1.165, 1.54) is 30.1 Å². The summed E-state index contributed by atoms with van der Waals surface area (Å²) in [4.78, 5) is 25.7. The topological polar surface area (TPSA) is 130 Å². The van der Waals surface area contributed by atoms with Crippen molar-refractivity contribution in [1.29, 1.82) is 0 Å². The zero-order valence-corrected chi connectivity index (χ0v) is 22.7. The molecule has 39 heavy (non-hydrogen) atoms. The zero-order chi connectivity index (χ0) is 28.4. The number of aliphatic hydroxyl groups is 1. The van der Waals surface area contributed by atoms with E-state index < -0.39 is 23.3 Å². The van der Waals surface area contributed by atoms with E-state index in [1.54, 1.807) is 24.3 Å². The van der Waals surface area contributed by atoms with Crippen LogP contribution < -0.4 is 5.43 Å². The van der Waals surface area contributed by atoms with Crippen LogP contribution >= 0.6 is 11.6 Å². The lowest BCUT2D eigenvalue weighted by Crippen LogP contribution is -2.53. The van der Waals surface area contributed by atoms with Gasteiger partial charge in [0.25, 0.3) is 5.91 Å². The highest BCUT2D eigenvalue weighted by molar-refractivity contribution is 6.30. The Bertz CT molecular complexity index is 1250. The van der Waals surface area contributed by atoms with Gasteiger partial charge in [0.2, 0.25) is 0 Å². The van der Waals surface area contributed by atoms with Crippen LogP contribution in [0.4, 0.5) is 4.39 Å². The first-order valence-corrected chi connectivity index (χ1v) is 13.1. The summed E-state index contributed by atoms with van der Waals surface area (Å²) in [7, 11) is 0.